The number of rotatable bonds is 4. The van der Waals surface area contributed by atoms with Crippen LogP contribution in [0.2, 0.25) is 0 Å². The van der Waals surface area contributed by atoms with Gasteiger partial charge in [0, 0.05) is 6.20 Å². The van der Waals surface area contributed by atoms with E-state index in [1.54, 1.807) is 13.0 Å². The Balaban J connectivity index is 2.02. The van der Waals surface area contributed by atoms with Gasteiger partial charge in [-0.1, -0.05) is 91.0 Å². The predicted molar refractivity (Wildman–Crippen MR) is 122 cm³/mol. The smallest absolute Gasteiger partial charge is 0.237 e. The first-order valence-corrected chi connectivity index (χ1v) is 10.5. The summed E-state index contributed by atoms with van der Waals surface area (Å²) in [6.45, 7) is 1.65. The molecule has 5 aromatic rings. The van der Waals surface area contributed by atoms with Crippen LogP contribution in [-0.4, -0.2) is 14.8 Å². The monoisotopic (exact) mass is 443 g/mol. The van der Waals surface area contributed by atoms with Crippen LogP contribution in [0.25, 0.3) is 11.0 Å². The third kappa shape index (κ3) is 3.30. The quantitative estimate of drug-likeness (QED) is 0.293. The first-order valence-electron chi connectivity index (χ1n) is 10.5. The summed E-state index contributed by atoms with van der Waals surface area (Å²) in [6.07, 6.45) is -3.10. The van der Waals surface area contributed by atoms with E-state index in [1.807, 2.05) is 91.0 Å². The number of halogens is 3. The molecule has 0 atom stereocenters. The van der Waals surface area contributed by atoms with Gasteiger partial charge < -0.3 is 0 Å². The lowest BCUT2D eigenvalue weighted by Gasteiger charge is -2.36. The molecule has 0 radical (unpaired) electrons. The van der Waals surface area contributed by atoms with Crippen LogP contribution in [0.15, 0.2) is 103 Å². The van der Waals surface area contributed by atoms with Gasteiger partial charge in [-0.2, -0.15) is 18.3 Å². The highest BCUT2D eigenvalue weighted by Gasteiger charge is 2.45. The fourth-order valence-corrected chi connectivity index (χ4v) is 4.53. The Hall–Kier alpha value is -3.93. The minimum Gasteiger partial charge on any atom is -0.237 e. The maximum absolute atomic E-state index is 14.2. The molecule has 33 heavy (non-hydrogen) atoms. The molecule has 0 spiro atoms. The molecule has 164 valence electrons. The van der Waals surface area contributed by atoms with Gasteiger partial charge in [-0.05, 0) is 35.2 Å². The Morgan fingerprint density at radius 2 is 1.12 bits per heavy atom. The van der Waals surface area contributed by atoms with Crippen molar-refractivity contribution >= 4 is 11.0 Å². The van der Waals surface area contributed by atoms with Gasteiger partial charge in [0.1, 0.15) is 5.54 Å². The molecule has 0 bridgehead atoms. The molecule has 2 heterocycles. The number of aryl methyl sites for hydroxylation is 1. The normalized spacial score (nSPS) is 12.2. The molecule has 0 fully saturated rings. The summed E-state index contributed by atoms with van der Waals surface area (Å²) in [4.78, 5) is 4.42. The summed E-state index contributed by atoms with van der Waals surface area (Å²) in [5.41, 5.74) is 0.888. The number of hydrogen-bond acceptors (Lipinski definition) is 2. The van der Waals surface area contributed by atoms with Crippen molar-refractivity contribution in [2.45, 2.75) is 18.6 Å². The van der Waals surface area contributed by atoms with Crippen LogP contribution in [-0.2, 0) is 11.7 Å². The molecule has 0 aliphatic rings. The first-order chi connectivity index (χ1) is 15.9. The highest BCUT2D eigenvalue weighted by molar-refractivity contribution is 5.83. The zero-order valence-electron chi connectivity index (χ0n) is 17.8. The number of hydrogen-bond donors (Lipinski definition) is 0. The van der Waals surface area contributed by atoms with Crippen molar-refractivity contribution in [2.75, 3.05) is 0 Å². The summed E-state index contributed by atoms with van der Waals surface area (Å²) in [7, 11) is 0. The van der Waals surface area contributed by atoms with Crippen molar-refractivity contribution in [1.82, 2.24) is 14.8 Å². The summed E-state index contributed by atoms with van der Waals surface area (Å²) >= 11 is 0. The van der Waals surface area contributed by atoms with Crippen molar-refractivity contribution < 1.29 is 13.2 Å². The molecule has 0 unspecified atom stereocenters. The molecule has 3 aromatic carbocycles. The van der Waals surface area contributed by atoms with Crippen molar-refractivity contribution in [3.8, 4) is 0 Å². The maximum Gasteiger partial charge on any atom is 0.435 e. The van der Waals surface area contributed by atoms with Crippen molar-refractivity contribution in [2.24, 2.45) is 0 Å². The van der Waals surface area contributed by atoms with Gasteiger partial charge in [0.05, 0.1) is 5.39 Å². The fourth-order valence-electron chi connectivity index (χ4n) is 4.53. The minimum absolute atomic E-state index is 0.0113. The number of fused-ring (bicyclic) bond motifs is 1. The van der Waals surface area contributed by atoms with Crippen LogP contribution in [0.1, 0.15) is 27.9 Å². The standard InChI is InChI=1S/C27H20F3N3/c1-19-17-18-31-25-23(19)24(27(28,29)30)32-33(25)26(20-11-5-2-6-12-20,21-13-7-3-8-14-21)22-15-9-4-10-16-22/h2-18H,1H3. The SMILES string of the molecule is Cc1ccnc2c1c(C(F)(F)F)nn2C(c1ccccc1)(c1ccccc1)c1ccccc1. The summed E-state index contributed by atoms with van der Waals surface area (Å²) < 4.78 is 44.1. The van der Waals surface area contributed by atoms with Crippen LogP contribution in [0, 0.1) is 6.92 Å². The topological polar surface area (TPSA) is 30.7 Å². The van der Waals surface area contributed by atoms with E-state index in [0.717, 1.165) is 16.7 Å². The van der Waals surface area contributed by atoms with Crippen molar-refractivity contribution in [3.63, 3.8) is 0 Å². The second-order valence-electron chi connectivity index (χ2n) is 7.89. The minimum atomic E-state index is -4.63. The molecular formula is C27H20F3N3. The molecule has 0 saturated heterocycles. The third-order valence-electron chi connectivity index (χ3n) is 5.94. The number of nitrogens with zero attached hydrogens (tertiary/aromatic N) is 3. The highest BCUT2D eigenvalue weighted by Crippen LogP contribution is 2.44. The van der Waals surface area contributed by atoms with Crippen LogP contribution in [0.5, 0.6) is 0 Å². The molecule has 0 aliphatic carbocycles. The average Bonchev–Trinajstić information content (AvgIpc) is 3.24. The lowest BCUT2D eigenvalue weighted by Crippen LogP contribution is -2.39. The van der Waals surface area contributed by atoms with Crippen LogP contribution in [0.4, 0.5) is 13.2 Å². The van der Waals surface area contributed by atoms with Crippen molar-refractivity contribution in [3.05, 3.63) is 131 Å². The zero-order valence-corrected chi connectivity index (χ0v) is 17.8. The van der Waals surface area contributed by atoms with E-state index in [9.17, 15) is 13.2 Å². The van der Waals surface area contributed by atoms with Gasteiger partial charge in [0.15, 0.2) is 11.3 Å². The first kappa shape index (κ1) is 20.9. The lowest BCUT2D eigenvalue weighted by atomic mass is 9.77. The average molecular weight is 443 g/mol. The van der Waals surface area contributed by atoms with E-state index in [0.29, 0.717) is 5.56 Å². The number of alkyl halides is 3. The van der Waals surface area contributed by atoms with E-state index in [2.05, 4.69) is 10.1 Å². The Labute approximate surface area is 189 Å². The Kier molecular flexibility index (Phi) is 5.01. The second kappa shape index (κ2) is 7.89. The van der Waals surface area contributed by atoms with E-state index < -0.39 is 17.4 Å². The van der Waals surface area contributed by atoms with Gasteiger partial charge in [-0.25, -0.2) is 9.67 Å². The third-order valence-corrected chi connectivity index (χ3v) is 5.94. The van der Waals surface area contributed by atoms with E-state index in [1.165, 1.54) is 10.9 Å². The highest BCUT2D eigenvalue weighted by atomic mass is 19.4. The largest absolute Gasteiger partial charge is 0.435 e. The number of benzene rings is 3. The Bertz CT molecular complexity index is 1300. The summed E-state index contributed by atoms with van der Waals surface area (Å²) in [6, 6.07) is 30.0. The van der Waals surface area contributed by atoms with Gasteiger partial charge in [0.2, 0.25) is 0 Å². The second-order valence-corrected chi connectivity index (χ2v) is 7.89. The molecule has 2 aromatic heterocycles. The molecule has 3 nitrogen and oxygen atoms in total. The predicted octanol–water partition coefficient (Wildman–Crippen LogP) is 6.60. The van der Waals surface area contributed by atoms with E-state index >= 15 is 0 Å². The number of aromatic nitrogens is 3. The maximum atomic E-state index is 14.2. The molecule has 0 saturated carbocycles. The van der Waals surface area contributed by atoms with Gasteiger partial charge >= 0.3 is 6.18 Å². The van der Waals surface area contributed by atoms with Crippen LogP contribution in [0.3, 0.4) is 0 Å². The van der Waals surface area contributed by atoms with Crippen molar-refractivity contribution in [1.29, 1.82) is 0 Å². The van der Waals surface area contributed by atoms with Gasteiger partial charge in [-0.15, -0.1) is 0 Å². The van der Waals surface area contributed by atoms with Crippen LogP contribution < -0.4 is 0 Å². The fraction of sp³-hybridized carbons (Fsp3) is 0.111. The van der Waals surface area contributed by atoms with Gasteiger partial charge in [-0.3, -0.25) is 0 Å². The molecule has 0 aliphatic heterocycles. The number of pyridine rings is 1. The zero-order chi connectivity index (χ0) is 23.1. The summed E-state index contributed by atoms with van der Waals surface area (Å²) in [5, 5.41) is 4.26. The lowest BCUT2D eigenvalue weighted by molar-refractivity contribution is -0.140. The Morgan fingerprint density at radius 1 is 0.667 bits per heavy atom. The molecule has 5 rings (SSSR count). The van der Waals surface area contributed by atoms with E-state index in [4.69, 9.17) is 0 Å². The summed E-state index contributed by atoms with van der Waals surface area (Å²) in [5.74, 6) is 0. The van der Waals surface area contributed by atoms with Gasteiger partial charge in [0.25, 0.3) is 0 Å². The Morgan fingerprint density at radius 3 is 1.55 bits per heavy atom. The molecule has 6 heteroatoms. The van der Waals surface area contributed by atoms with Crippen LogP contribution >= 0.6 is 0 Å². The molecule has 0 N–H and O–H groups in total. The molecular weight excluding hydrogens is 423 g/mol. The molecule has 0 amide bonds. The van der Waals surface area contributed by atoms with E-state index in [-0.39, 0.29) is 11.0 Å².